The maximum atomic E-state index is 13.0. The zero-order valence-electron chi connectivity index (χ0n) is 18.0. The van der Waals surface area contributed by atoms with Crippen molar-refractivity contribution in [3.63, 3.8) is 0 Å². The van der Waals surface area contributed by atoms with Gasteiger partial charge < -0.3 is 14.2 Å². The molecule has 0 unspecified atom stereocenters. The Hall–Kier alpha value is -2.78. The van der Waals surface area contributed by atoms with Crippen molar-refractivity contribution < 1.29 is 23.8 Å². The fourth-order valence-electron chi connectivity index (χ4n) is 2.88. The van der Waals surface area contributed by atoms with Crippen molar-refractivity contribution in [3.8, 4) is 11.5 Å². The fraction of sp³-hybridized carbons (Fsp3) is 0.261. The average molecular weight is 519 g/mol. The SMILES string of the molecule is CCOC(=O)COc1ccc(Br)cc1/C=C1/SC(=Nc2ccc(OC)cc2)N(CC)C1=O. The number of carbonyl (C=O) groups is 2. The number of halogens is 1. The molecule has 0 atom stereocenters. The molecule has 1 saturated heterocycles. The number of rotatable bonds is 8. The van der Waals surface area contributed by atoms with Gasteiger partial charge in [0.25, 0.3) is 5.91 Å². The van der Waals surface area contributed by atoms with E-state index in [2.05, 4.69) is 20.9 Å². The molecule has 0 aliphatic carbocycles. The van der Waals surface area contributed by atoms with E-state index in [1.807, 2.05) is 37.3 Å². The highest BCUT2D eigenvalue weighted by Crippen LogP contribution is 2.36. The molecule has 32 heavy (non-hydrogen) atoms. The number of thioether (sulfide) groups is 1. The third-order valence-electron chi connectivity index (χ3n) is 4.41. The van der Waals surface area contributed by atoms with Gasteiger partial charge in [0.1, 0.15) is 11.5 Å². The van der Waals surface area contributed by atoms with Crippen LogP contribution in [-0.4, -0.2) is 48.8 Å². The molecule has 0 spiro atoms. The van der Waals surface area contributed by atoms with Crippen LogP contribution >= 0.6 is 27.7 Å². The standard InChI is InChI=1S/C23H23BrN2O5S/c1-4-26-22(28)20(32-23(26)25-17-7-9-18(29-3)10-8-17)13-15-12-16(24)6-11-19(15)31-14-21(27)30-5-2/h6-13H,4-5,14H2,1-3H3/b20-13+,25-23?. The van der Waals surface area contributed by atoms with Gasteiger partial charge in [0, 0.05) is 16.6 Å². The Kier molecular flexibility index (Phi) is 8.35. The summed E-state index contributed by atoms with van der Waals surface area (Å²) < 4.78 is 16.5. The number of likely N-dealkylation sites (N-methyl/N-ethyl adjacent to an activating group) is 1. The van der Waals surface area contributed by atoms with Crippen molar-refractivity contribution in [1.82, 2.24) is 4.90 Å². The number of methoxy groups -OCH3 is 1. The van der Waals surface area contributed by atoms with Gasteiger partial charge in [0.15, 0.2) is 11.8 Å². The third kappa shape index (κ3) is 5.92. The number of aliphatic imine (C=N–C) groups is 1. The van der Waals surface area contributed by atoms with Gasteiger partial charge in [-0.15, -0.1) is 0 Å². The number of nitrogens with zero attached hydrogens (tertiary/aromatic N) is 2. The van der Waals surface area contributed by atoms with Gasteiger partial charge in [-0.3, -0.25) is 9.69 Å². The number of esters is 1. The molecule has 0 aromatic heterocycles. The van der Waals surface area contributed by atoms with Crippen LogP contribution in [-0.2, 0) is 14.3 Å². The van der Waals surface area contributed by atoms with Gasteiger partial charge in [-0.1, -0.05) is 15.9 Å². The molecule has 1 fully saturated rings. The van der Waals surface area contributed by atoms with E-state index in [0.717, 1.165) is 15.9 Å². The smallest absolute Gasteiger partial charge is 0.344 e. The number of benzene rings is 2. The zero-order valence-corrected chi connectivity index (χ0v) is 20.4. The van der Waals surface area contributed by atoms with Crippen LogP contribution in [0.2, 0.25) is 0 Å². The molecular formula is C23H23BrN2O5S. The van der Waals surface area contributed by atoms with Crippen LogP contribution in [0.1, 0.15) is 19.4 Å². The summed E-state index contributed by atoms with van der Waals surface area (Å²) in [6.07, 6.45) is 1.75. The van der Waals surface area contributed by atoms with Crippen molar-refractivity contribution >= 4 is 56.5 Å². The summed E-state index contributed by atoms with van der Waals surface area (Å²) in [5.74, 6) is 0.625. The molecule has 3 rings (SSSR count). The van der Waals surface area contributed by atoms with Crippen LogP contribution in [0.25, 0.3) is 6.08 Å². The summed E-state index contributed by atoms with van der Waals surface area (Å²) in [5, 5.41) is 0.595. The monoisotopic (exact) mass is 518 g/mol. The molecular weight excluding hydrogens is 496 g/mol. The summed E-state index contributed by atoms with van der Waals surface area (Å²) >= 11 is 4.74. The van der Waals surface area contributed by atoms with E-state index in [4.69, 9.17) is 14.2 Å². The normalized spacial score (nSPS) is 16.0. The molecule has 2 aromatic rings. The molecule has 0 N–H and O–H groups in total. The third-order valence-corrected chi connectivity index (χ3v) is 5.91. The minimum atomic E-state index is -0.452. The lowest BCUT2D eigenvalue weighted by atomic mass is 10.2. The maximum absolute atomic E-state index is 13.0. The number of hydrogen-bond donors (Lipinski definition) is 0. The Labute approximate surface area is 199 Å². The Bertz CT molecular complexity index is 1050. The molecule has 1 amide bonds. The van der Waals surface area contributed by atoms with E-state index in [-0.39, 0.29) is 19.1 Å². The largest absolute Gasteiger partial charge is 0.497 e. The maximum Gasteiger partial charge on any atom is 0.344 e. The topological polar surface area (TPSA) is 77.4 Å². The van der Waals surface area contributed by atoms with E-state index in [1.54, 1.807) is 37.1 Å². The first kappa shape index (κ1) is 23.9. The second kappa shape index (κ2) is 11.2. The highest BCUT2D eigenvalue weighted by molar-refractivity contribution is 9.10. The molecule has 2 aromatic carbocycles. The first-order valence-electron chi connectivity index (χ1n) is 9.97. The number of hydrogen-bond acceptors (Lipinski definition) is 7. The van der Waals surface area contributed by atoms with Crippen molar-refractivity contribution in [2.75, 3.05) is 26.9 Å². The summed E-state index contributed by atoms with van der Waals surface area (Å²) in [4.78, 5) is 31.4. The van der Waals surface area contributed by atoms with Crippen LogP contribution in [0.15, 0.2) is 56.8 Å². The van der Waals surface area contributed by atoms with Crippen LogP contribution < -0.4 is 9.47 Å². The minimum absolute atomic E-state index is 0.138. The van der Waals surface area contributed by atoms with Gasteiger partial charge in [0.2, 0.25) is 0 Å². The summed E-state index contributed by atoms with van der Waals surface area (Å²) in [6.45, 7) is 4.20. The Morgan fingerprint density at radius 2 is 1.94 bits per heavy atom. The predicted octanol–water partition coefficient (Wildman–Crippen LogP) is 5.02. The fourth-order valence-corrected chi connectivity index (χ4v) is 4.31. The summed E-state index contributed by atoms with van der Waals surface area (Å²) in [6, 6.07) is 12.7. The molecule has 1 aliphatic heterocycles. The molecule has 0 radical (unpaired) electrons. The van der Waals surface area contributed by atoms with Gasteiger partial charge in [0.05, 0.1) is 24.3 Å². The lowest BCUT2D eigenvalue weighted by Crippen LogP contribution is -2.28. The quantitative estimate of drug-likeness (QED) is 0.360. The summed E-state index contributed by atoms with van der Waals surface area (Å²) in [5.41, 5.74) is 1.39. The van der Waals surface area contributed by atoms with Gasteiger partial charge >= 0.3 is 5.97 Å². The first-order chi connectivity index (χ1) is 15.4. The first-order valence-corrected chi connectivity index (χ1v) is 11.6. The molecule has 0 saturated carbocycles. The van der Waals surface area contributed by atoms with Gasteiger partial charge in [-0.25, -0.2) is 9.79 Å². The zero-order chi connectivity index (χ0) is 23.1. The second-order valence-corrected chi connectivity index (χ2v) is 8.45. The highest BCUT2D eigenvalue weighted by Gasteiger charge is 2.32. The van der Waals surface area contributed by atoms with Crippen LogP contribution in [0, 0.1) is 0 Å². The second-order valence-electron chi connectivity index (χ2n) is 6.53. The number of amides is 1. The number of amidine groups is 1. The summed E-state index contributed by atoms with van der Waals surface area (Å²) in [7, 11) is 1.61. The van der Waals surface area contributed by atoms with E-state index >= 15 is 0 Å². The van der Waals surface area contributed by atoms with Crippen molar-refractivity contribution in [1.29, 1.82) is 0 Å². The minimum Gasteiger partial charge on any atom is -0.497 e. The Morgan fingerprint density at radius 1 is 1.19 bits per heavy atom. The molecule has 1 aliphatic rings. The van der Waals surface area contributed by atoms with Crippen LogP contribution in [0.5, 0.6) is 11.5 Å². The lowest BCUT2D eigenvalue weighted by molar-refractivity contribution is -0.145. The molecule has 1 heterocycles. The number of carbonyl (C=O) groups excluding carboxylic acids is 2. The lowest BCUT2D eigenvalue weighted by Gasteiger charge is -2.12. The van der Waals surface area contributed by atoms with Crippen molar-refractivity contribution in [3.05, 3.63) is 57.4 Å². The van der Waals surface area contributed by atoms with Crippen LogP contribution in [0.3, 0.4) is 0 Å². The van der Waals surface area contributed by atoms with Crippen molar-refractivity contribution in [2.24, 2.45) is 4.99 Å². The van der Waals surface area contributed by atoms with E-state index < -0.39 is 5.97 Å². The average Bonchev–Trinajstić information content (AvgIpc) is 3.07. The van der Waals surface area contributed by atoms with E-state index in [1.165, 1.54) is 11.8 Å². The Morgan fingerprint density at radius 3 is 2.59 bits per heavy atom. The predicted molar refractivity (Wildman–Crippen MR) is 129 cm³/mol. The van der Waals surface area contributed by atoms with Crippen LogP contribution in [0.4, 0.5) is 5.69 Å². The van der Waals surface area contributed by atoms with Gasteiger partial charge in [-0.2, -0.15) is 0 Å². The molecule has 168 valence electrons. The van der Waals surface area contributed by atoms with Crippen molar-refractivity contribution in [2.45, 2.75) is 13.8 Å². The Balaban J connectivity index is 1.88. The van der Waals surface area contributed by atoms with Gasteiger partial charge in [-0.05, 0) is 74.1 Å². The van der Waals surface area contributed by atoms with E-state index in [0.29, 0.717) is 27.9 Å². The number of ether oxygens (including phenoxy) is 3. The van der Waals surface area contributed by atoms with E-state index in [9.17, 15) is 9.59 Å². The highest BCUT2D eigenvalue weighted by atomic mass is 79.9. The molecule has 9 heteroatoms. The molecule has 0 bridgehead atoms. The molecule has 7 nitrogen and oxygen atoms in total.